The number of nitrogens with zero attached hydrogens (tertiary/aromatic N) is 3. The summed E-state index contributed by atoms with van der Waals surface area (Å²) in [7, 11) is -5.67. The van der Waals surface area contributed by atoms with E-state index >= 15 is 0 Å². The van der Waals surface area contributed by atoms with Crippen molar-refractivity contribution in [1.82, 2.24) is 19.5 Å². The summed E-state index contributed by atoms with van der Waals surface area (Å²) in [5, 5.41) is 0.809. The monoisotopic (exact) mass is 523 g/mol. The lowest BCUT2D eigenvalue weighted by atomic mass is 10.0. The molecule has 1 heterocycles. The molecule has 0 aliphatic carbocycles. The topological polar surface area (TPSA) is 119 Å². The standard InChI is InChI=1S/C23H33N5O5S2/c1-26(22(18-27-15-7-8-16-27)20-9-5-4-6-10-20)23(29)17-19-11-13-21(14-12-19)28(24-34(2,30)31)25-35(3,32)33/h4-6,9-14,22,24-25H,7-8,15-18H2,1-3H3/t22-/m1/s1. The zero-order valence-electron chi connectivity index (χ0n) is 20.2. The van der Waals surface area contributed by atoms with Gasteiger partial charge in [-0.15, -0.1) is 9.66 Å². The van der Waals surface area contributed by atoms with Gasteiger partial charge in [0.25, 0.3) is 0 Å². The molecule has 3 rings (SSSR count). The van der Waals surface area contributed by atoms with Crippen LogP contribution in [0.4, 0.5) is 5.69 Å². The van der Waals surface area contributed by atoms with Gasteiger partial charge in [0, 0.05) is 13.6 Å². The van der Waals surface area contributed by atoms with Crippen LogP contribution in [0.15, 0.2) is 54.6 Å². The number of hydrogen-bond donors (Lipinski definition) is 2. The first-order valence-corrected chi connectivity index (χ1v) is 15.1. The van der Waals surface area contributed by atoms with Crippen LogP contribution >= 0.6 is 0 Å². The maximum atomic E-state index is 13.2. The number of rotatable bonds is 11. The smallest absolute Gasteiger partial charge is 0.227 e. The summed E-state index contributed by atoms with van der Waals surface area (Å²) in [6.45, 7) is 2.84. The number of anilines is 1. The first-order valence-electron chi connectivity index (χ1n) is 11.3. The second-order valence-electron chi connectivity index (χ2n) is 8.84. The van der Waals surface area contributed by atoms with Crippen molar-refractivity contribution in [3.63, 3.8) is 0 Å². The molecule has 2 aromatic rings. The van der Waals surface area contributed by atoms with Crippen LogP contribution in [0.3, 0.4) is 0 Å². The van der Waals surface area contributed by atoms with Gasteiger partial charge >= 0.3 is 0 Å². The van der Waals surface area contributed by atoms with Crippen molar-refractivity contribution in [3.05, 3.63) is 65.7 Å². The van der Waals surface area contributed by atoms with Crippen LogP contribution < -0.4 is 14.8 Å². The van der Waals surface area contributed by atoms with Gasteiger partial charge in [0.2, 0.25) is 26.0 Å². The number of likely N-dealkylation sites (N-methyl/N-ethyl adjacent to an activating group) is 1. The largest absolute Gasteiger partial charge is 0.337 e. The van der Waals surface area contributed by atoms with E-state index in [1.165, 1.54) is 25.0 Å². The lowest BCUT2D eigenvalue weighted by Gasteiger charge is -2.32. The SMILES string of the molecule is CN(C(=O)Cc1ccc(N(NS(C)(=O)=O)NS(C)(=O)=O)cc1)[C@H](CN1CCCC1)c1ccccc1. The van der Waals surface area contributed by atoms with E-state index in [1.807, 2.05) is 37.4 Å². The van der Waals surface area contributed by atoms with Crippen LogP contribution in [-0.4, -0.2) is 71.7 Å². The van der Waals surface area contributed by atoms with Crippen molar-refractivity contribution in [2.75, 3.05) is 44.3 Å². The third-order valence-electron chi connectivity index (χ3n) is 5.74. The van der Waals surface area contributed by atoms with E-state index < -0.39 is 20.0 Å². The number of amides is 1. The van der Waals surface area contributed by atoms with E-state index in [-0.39, 0.29) is 24.1 Å². The quantitative estimate of drug-likeness (QED) is 0.426. The molecule has 1 atom stereocenters. The molecule has 0 aromatic heterocycles. The Labute approximate surface area is 207 Å². The van der Waals surface area contributed by atoms with Crippen LogP contribution in [-0.2, 0) is 31.3 Å². The van der Waals surface area contributed by atoms with Gasteiger partial charge in [0.05, 0.1) is 30.7 Å². The minimum atomic E-state index is -3.75. The highest BCUT2D eigenvalue weighted by Crippen LogP contribution is 2.24. The first kappa shape index (κ1) is 27.1. The molecule has 0 saturated carbocycles. The first-order chi connectivity index (χ1) is 16.4. The Morgan fingerprint density at radius 2 is 1.46 bits per heavy atom. The molecule has 1 saturated heterocycles. The normalized spacial score (nSPS) is 15.6. The predicted octanol–water partition coefficient (Wildman–Crippen LogP) is 1.26. The van der Waals surface area contributed by atoms with E-state index in [4.69, 9.17) is 0 Å². The van der Waals surface area contributed by atoms with Gasteiger partial charge in [0.15, 0.2) is 0 Å². The molecule has 2 N–H and O–H groups in total. The van der Waals surface area contributed by atoms with E-state index in [0.29, 0.717) is 0 Å². The Morgan fingerprint density at radius 1 is 0.914 bits per heavy atom. The number of hydrogen-bond acceptors (Lipinski definition) is 7. The highest BCUT2D eigenvalue weighted by atomic mass is 32.2. The molecule has 0 bridgehead atoms. The molecular weight excluding hydrogens is 490 g/mol. The fourth-order valence-corrected chi connectivity index (χ4v) is 5.05. The molecular formula is C23H33N5O5S2. The molecule has 12 heteroatoms. The van der Waals surface area contributed by atoms with Crippen molar-refractivity contribution in [3.8, 4) is 0 Å². The maximum absolute atomic E-state index is 13.2. The second kappa shape index (κ2) is 11.5. The average Bonchev–Trinajstić information content (AvgIpc) is 3.29. The second-order valence-corrected chi connectivity index (χ2v) is 12.3. The highest BCUT2D eigenvalue weighted by molar-refractivity contribution is 7.89. The number of sulfonamides is 2. The Hall–Kier alpha value is -2.51. The summed E-state index contributed by atoms with van der Waals surface area (Å²) in [5.74, 6) is -0.0498. The lowest BCUT2D eigenvalue weighted by Crippen LogP contribution is -2.52. The van der Waals surface area contributed by atoms with Gasteiger partial charge in [-0.2, -0.15) is 0 Å². The van der Waals surface area contributed by atoms with Crippen LogP contribution in [0.2, 0.25) is 0 Å². The van der Waals surface area contributed by atoms with Gasteiger partial charge in [-0.1, -0.05) is 42.5 Å². The number of hydrazine groups is 2. The Balaban J connectivity index is 1.74. The number of nitrogens with one attached hydrogen (secondary N) is 2. The van der Waals surface area contributed by atoms with E-state index in [1.54, 1.807) is 17.0 Å². The molecule has 0 spiro atoms. The van der Waals surface area contributed by atoms with Crippen LogP contribution in [0.25, 0.3) is 0 Å². The van der Waals surface area contributed by atoms with Gasteiger partial charge < -0.3 is 9.80 Å². The fourth-order valence-electron chi connectivity index (χ4n) is 4.03. The van der Waals surface area contributed by atoms with Crippen molar-refractivity contribution < 1.29 is 21.6 Å². The predicted molar refractivity (Wildman–Crippen MR) is 136 cm³/mol. The molecule has 0 radical (unpaired) electrons. The summed E-state index contributed by atoms with van der Waals surface area (Å²) in [6.07, 6.45) is 4.32. The molecule has 1 amide bonds. The third-order valence-corrected chi connectivity index (χ3v) is 6.77. The molecule has 192 valence electrons. The van der Waals surface area contributed by atoms with Crippen molar-refractivity contribution in [2.24, 2.45) is 0 Å². The molecule has 10 nitrogen and oxygen atoms in total. The molecule has 1 fully saturated rings. The lowest BCUT2D eigenvalue weighted by molar-refractivity contribution is -0.131. The summed E-state index contributed by atoms with van der Waals surface area (Å²) in [5.41, 5.74) is 2.05. The van der Waals surface area contributed by atoms with E-state index in [9.17, 15) is 21.6 Å². The van der Waals surface area contributed by atoms with Gasteiger partial charge in [0.1, 0.15) is 0 Å². The van der Waals surface area contributed by atoms with Gasteiger partial charge in [-0.3, -0.25) is 4.79 Å². The maximum Gasteiger partial charge on any atom is 0.227 e. The average molecular weight is 524 g/mol. The highest BCUT2D eigenvalue weighted by Gasteiger charge is 2.25. The zero-order valence-corrected chi connectivity index (χ0v) is 21.8. The minimum absolute atomic E-state index is 0.0498. The van der Waals surface area contributed by atoms with Crippen molar-refractivity contribution in [2.45, 2.75) is 25.3 Å². The molecule has 0 unspecified atom stereocenters. The van der Waals surface area contributed by atoms with Crippen LogP contribution in [0.5, 0.6) is 0 Å². The molecule has 1 aliphatic heterocycles. The number of benzene rings is 2. The summed E-state index contributed by atoms with van der Waals surface area (Å²) in [4.78, 5) is 21.6. The molecule has 35 heavy (non-hydrogen) atoms. The summed E-state index contributed by atoms with van der Waals surface area (Å²) >= 11 is 0. The van der Waals surface area contributed by atoms with E-state index in [0.717, 1.165) is 48.4 Å². The third kappa shape index (κ3) is 8.58. The Bertz CT molecular complexity index is 1160. The van der Waals surface area contributed by atoms with E-state index in [2.05, 4.69) is 14.6 Å². The number of carbonyl (C=O) groups excluding carboxylic acids is 1. The Morgan fingerprint density at radius 3 is 1.97 bits per heavy atom. The minimum Gasteiger partial charge on any atom is -0.337 e. The zero-order chi connectivity index (χ0) is 25.6. The number of carbonyl (C=O) groups is 1. The van der Waals surface area contributed by atoms with Crippen molar-refractivity contribution >= 4 is 31.6 Å². The summed E-state index contributed by atoms with van der Waals surface area (Å²) < 4.78 is 46.6. The van der Waals surface area contributed by atoms with Crippen LogP contribution in [0, 0.1) is 0 Å². The van der Waals surface area contributed by atoms with Crippen LogP contribution in [0.1, 0.15) is 30.0 Å². The number of likely N-dealkylation sites (tertiary alicyclic amines) is 1. The fraction of sp³-hybridized carbons (Fsp3) is 0.435. The van der Waals surface area contributed by atoms with Crippen molar-refractivity contribution in [1.29, 1.82) is 0 Å². The molecule has 1 aliphatic rings. The molecule has 2 aromatic carbocycles. The Kier molecular flexibility index (Phi) is 8.89. The van der Waals surface area contributed by atoms with Gasteiger partial charge in [-0.05, 0) is 49.2 Å². The summed E-state index contributed by atoms with van der Waals surface area (Å²) in [6, 6.07) is 16.3. The van der Waals surface area contributed by atoms with Gasteiger partial charge in [-0.25, -0.2) is 22.0 Å².